The van der Waals surface area contributed by atoms with Gasteiger partial charge in [0.05, 0.1) is 0 Å². The monoisotopic (exact) mass is 271 g/mol. The van der Waals surface area contributed by atoms with Crippen LogP contribution in [-0.4, -0.2) is 19.2 Å². The lowest BCUT2D eigenvalue weighted by Crippen LogP contribution is -2.29. The van der Waals surface area contributed by atoms with E-state index in [9.17, 15) is 0 Å². The molecule has 1 aromatic rings. The van der Waals surface area contributed by atoms with Crippen LogP contribution in [0.25, 0.3) is 0 Å². The van der Waals surface area contributed by atoms with Crippen molar-refractivity contribution in [2.45, 2.75) is 26.3 Å². The van der Waals surface area contributed by atoms with Crippen molar-refractivity contribution in [2.75, 3.05) is 13.2 Å². The van der Waals surface area contributed by atoms with Crippen molar-refractivity contribution in [1.29, 1.82) is 0 Å². The largest absolute Gasteiger partial charge is 0.492 e. The van der Waals surface area contributed by atoms with E-state index in [0.717, 1.165) is 23.2 Å². The van der Waals surface area contributed by atoms with Gasteiger partial charge in [-0.1, -0.05) is 22.9 Å². The molecule has 2 nitrogen and oxygen atoms in total. The molecule has 0 radical (unpaired) electrons. The van der Waals surface area contributed by atoms with Crippen LogP contribution < -0.4 is 10.1 Å². The molecule has 84 valence electrons. The molecule has 0 bridgehead atoms. The summed E-state index contributed by atoms with van der Waals surface area (Å²) in [5, 5.41) is 3.38. The van der Waals surface area contributed by atoms with Crippen molar-refractivity contribution < 1.29 is 4.74 Å². The maximum Gasteiger partial charge on any atom is 0.119 e. The first-order valence-electron chi connectivity index (χ1n) is 5.34. The van der Waals surface area contributed by atoms with E-state index in [1.54, 1.807) is 0 Å². The Balaban J connectivity index is 2.17. The summed E-state index contributed by atoms with van der Waals surface area (Å²) in [6.07, 6.45) is 1.15. The molecule has 1 rings (SSSR count). The molecule has 1 aromatic carbocycles. The van der Waals surface area contributed by atoms with E-state index in [-0.39, 0.29) is 0 Å². The minimum atomic E-state index is 0.568. The number of hydrogen-bond acceptors (Lipinski definition) is 2. The third-order valence-electron chi connectivity index (χ3n) is 2.29. The van der Waals surface area contributed by atoms with E-state index >= 15 is 0 Å². The highest BCUT2D eigenvalue weighted by molar-refractivity contribution is 9.10. The van der Waals surface area contributed by atoms with Crippen LogP contribution in [-0.2, 0) is 0 Å². The number of hydrogen-bond donors (Lipinski definition) is 1. The molecule has 1 N–H and O–H groups in total. The van der Waals surface area contributed by atoms with Crippen LogP contribution in [0.1, 0.15) is 20.3 Å². The molecular weight excluding hydrogens is 254 g/mol. The van der Waals surface area contributed by atoms with E-state index < -0.39 is 0 Å². The zero-order valence-electron chi connectivity index (χ0n) is 9.29. The van der Waals surface area contributed by atoms with Crippen molar-refractivity contribution >= 4 is 15.9 Å². The van der Waals surface area contributed by atoms with Crippen LogP contribution in [0, 0.1) is 0 Å². The Morgan fingerprint density at radius 2 is 2.00 bits per heavy atom. The Hall–Kier alpha value is -0.540. The van der Waals surface area contributed by atoms with Gasteiger partial charge in [-0.15, -0.1) is 0 Å². The van der Waals surface area contributed by atoms with Crippen LogP contribution in [0.4, 0.5) is 0 Å². The maximum absolute atomic E-state index is 5.57. The van der Waals surface area contributed by atoms with Crippen molar-refractivity contribution in [3.63, 3.8) is 0 Å². The third-order valence-corrected chi connectivity index (χ3v) is 2.82. The van der Waals surface area contributed by atoms with Gasteiger partial charge in [-0.3, -0.25) is 0 Å². The van der Waals surface area contributed by atoms with Gasteiger partial charge in [-0.2, -0.15) is 0 Å². The van der Waals surface area contributed by atoms with Crippen LogP contribution in [0.15, 0.2) is 28.7 Å². The highest BCUT2D eigenvalue weighted by Crippen LogP contribution is 2.15. The lowest BCUT2D eigenvalue weighted by molar-refractivity contribution is 0.306. The second kappa shape index (κ2) is 6.85. The Morgan fingerprint density at radius 1 is 1.33 bits per heavy atom. The molecule has 0 amide bonds. The average molecular weight is 272 g/mol. The van der Waals surface area contributed by atoms with Crippen LogP contribution >= 0.6 is 15.9 Å². The van der Waals surface area contributed by atoms with Crippen LogP contribution in [0.5, 0.6) is 5.75 Å². The number of halogens is 1. The van der Waals surface area contributed by atoms with E-state index in [0.29, 0.717) is 12.6 Å². The standard InChI is InChI=1S/C12H18BrNO/c1-3-10(2)14-8-9-15-12-6-4-11(13)5-7-12/h4-7,10,14H,3,8-9H2,1-2H3/t10-/m1/s1. The predicted molar refractivity (Wildman–Crippen MR) is 67.4 cm³/mol. The zero-order valence-corrected chi connectivity index (χ0v) is 10.9. The highest BCUT2D eigenvalue weighted by atomic mass is 79.9. The summed E-state index contributed by atoms with van der Waals surface area (Å²) in [6, 6.07) is 8.47. The second-order valence-corrected chi connectivity index (χ2v) is 4.48. The third kappa shape index (κ3) is 5.19. The van der Waals surface area contributed by atoms with Crippen molar-refractivity contribution in [2.24, 2.45) is 0 Å². The van der Waals surface area contributed by atoms with Crippen molar-refractivity contribution in [3.8, 4) is 5.75 Å². The number of nitrogens with one attached hydrogen (secondary N) is 1. The molecule has 0 saturated heterocycles. The lowest BCUT2D eigenvalue weighted by Gasteiger charge is -2.11. The Bertz CT molecular complexity index is 273. The molecule has 0 fully saturated rings. The minimum Gasteiger partial charge on any atom is -0.492 e. The van der Waals surface area contributed by atoms with Gasteiger partial charge in [0, 0.05) is 17.1 Å². The molecule has 0 spiro atoms. The number of rotatable bonds is 6. The molecule has 0 saturated carbocycles. The molecule has 0 aliphatic rings. The van der Waals surface area contributed by atoms with E-state index in [2.05, 4.69) is 35.1 Å². The van der Waals surface area contributed by atoms with Gasteiger partial charge in [-0.05, 0) is 37.6 Å². The zero-order chi connectivity index (χ0) is 11.1. The molecule has 1 atom stereocenters. The molecule has 3 heteroatoms. The fourth-order valence-corrected chi connectivity index (χ4v) is 1.41. The van der Waals surface area contributed by atoms with Gasteiger partial charge >= 0.3 is 0 Å². The van der Waals surface area contributed by atoms with E-state index in [4.69, 9.17) is 4.74 Å². The van der Waals surface area contributed by atoms with Gasteiger partial charge in [0.15, 0.2) is 0 Å². The summed E-state index contributed by atoms with van der Waals surface area (Å²) in [5.74, 6) is 0.921. The van der Waals surface area contributed by atoms with Crippen molar-refractivity contribution in [3.05, 3.63) is 28.7 Å². The smallest absolute Gasteiger partial charge is 0.119 e. The molecule has 0 unspecified atom stereocenters. The first kappa shape index (κ1) is 12.5. The number of ether oxygens (including phenoxy) is 1. The SMILES string of the molecule is CC[C@@H](C)NCCOc1ccc(Br)cc1. The quantitative estimate of drug-likeness (QED) is 0.803. The lowest BCUT2D eigenvalue weighted by atomic mass is 10.3. The van der Waals surface area contributed by atoms with Gasteiger partial charge in [0.1, 0.15) is 12.4 Å². The maximum atomic E-state index is 5.57. The molecule has 0 aliphatic heterocycles. The fraction of sp³-hybridized carbons (Fsp3) is 0.500. The highest BCUT2D eigenvalue weighted by Gasteiger charge is 1.97. The first-order valence-corrected chi connectivity index (χ1v) is 6.13. The van der Waals surface area contributed by atoms with Gasteiger partial charge in [0.25, 0.3) is 0 Å². The van der Waals surface area contributed by atoms with E-state index in [1.807, 2.05) is 24.3 Å². The topological polar surface area (TPSA) is 21.3 Å². The molecular formula is C12H18BrNO. The van der Waals surface area contributed by atoms with Crippen molar-refractivity contribution in [1.82, 2.24) is 5.32 Å². The predicted octanol–water partition coefficient (Wildman–Crippen LogP) is 3.22. The summed E-state index contributed by atoms with van der Waals surface area (Å²) in [5.41, 5.74) is 0. The second-order valence-electron chi connectivity index (χ2n) is 3.57. The molecule has 15 heavy (non-hydrogen) atoms. The summed E-state index contributed by atoms with van der Waals surface area (Å²) < 4.78 is 6.65. The van der Waals surface area contributed by atoms with E-state index in [1.165, 1.54) is 0 Å². The summed E-state index contributed by atoms with van der Waals surface area (Å²) in [6.45, 7) is 5.96. The normalized spacial score (nSPS) is 12.5. The Labute approximate surface area is 100 Å². The van der Waals surface area contributed by atoms with Crippen LogP contribution in [0.2, 0.25) is 0 Å². The fourth-order valence-electron chi connectivity index (χ4n) is 1.15. The molecule has 0 aromatic heterocycles. The number of benzene rings is 1. The average Bonchev–Trinajstić information content (AvgIpc) is 2.26. The van der Waals surface area contributed by atoms with Gasteiger partial charge < -0.3 is 10.1 Å². The molecule has 0 heterocycles. The summed E-state index contributed by atoms with van der Waals surface area (Å²) in [4.78, 5) is 0. The Kier molecular flexibility index (Phi) is 5.73. The minimum absolute atomic E-state index is 0.568. The summed E-state index contributed by atoms with van der Waals surface area (Å²) in [7, 11) is 0. The first-order chi connectivity index (χ1) is 7.22. The van der Waals surface area contributed by atoms with Crippen LogP contribution in [0.3, 0.4) is 0 Å². The molecule has 0 aliphatic carbocycles. The van der Waals surface area contributed by atoms with Gasteiger partial charge in [0.2, 0.25) is 0 Å². The van der Waals surface area contributed by atoms with Gasteiger partial charge in [-0.25, -0.2) is 0 Å². The summed E-state index contributed by atoms with van der Waals surface area (Å²) >= 11 is 3.39. The Morgan fingerprint density at radius 3 is 2.60 bits per heavy atom.